The molecule has 14 heavy (non-hydrogen) atoms. The van der Waals surface area contributed by atoms with Gasteiger partial charge in [-0.15, -0.1) is 0 Å². The maximum absolute atomic E-state index is 10.7. The van der Waals surface area contributed by atoms with Crippen molar-refractivity contribution in [3.8, 4) is 0 Å². The zero-order valence-electron chi connectivity index (χ0n) is 7.49. The van der Waals surface area contributed by atoms with Gasteiger partial charge in [0.25, 0.3) is 5.91 Å². The molecular formula is C8H12N2O4. The fourth-order valence-corrected chi connectivity index (χ4v) is 0.677. The Morgan fingerprint density at radius 2 is 2.00 bits per heavy atom. The molecule has 0 rings (SSSR count). The molecule has 0 aromatic rings. The van der Waals surface area contributed by atoms with Crippen LogP contribution in [0.15, 0.2) is 24.8 Å². The van der Waals surface area contributed by atoms with Gasteiger partial charge in [-0.1, -0.05) is 13.2 Å². The summed E-state index contributed by atoms with van der Waals surface area (Å²) in [5.74, 6) is -4.20. The summed E-state index contributed by atoms with van der Waals surface area (Å²) < 4.78 is 0. The number of aliphatic hydroxyl groups is 2. The molecule has 0 aromatic carbocycles. The van der Waals surface area contributed by atoms with E-state index in [4.69, 9.17) is 15.9 Å². The first-order valence-electron chi connectivity index (χ1n) is 3.65. The van der Waals surface area contributed by atoms with Crippen molar-refractivity contribution in [3.63, 3.8) is 0 Å². The SMILES string of the molecule is C=CC(=O)NC(O)(O)CC(=C)C(N)=O. The summed E-state index contributed by atoms with van der Waals surface area (Å²) in [4.78, 5) is 21.2. The van der Waals surface area contributed by atoms with E-state index in [1.54, 1.807) is 5.32 Å². The summed E-state index contributed by atoms with van der Waals surface area (Å²) in [6.45, 7) is 6.31. The Morgan fingerprint density at radius 3 is 2.36 bits per heavy atom. The van der Waals surface area contributed by atoms with Crippen LogP contribution in [0.25, 0.3) is 0 Å². The average molecular weight is 200 g/mol. The second kappa shape index (κ2) is 4.54. The lowest BCUT2D eigenvalue weighted by atomic mass is 10.1. The maximum Gasteiger partial charge on any atom is 0.250 e. The number of primary amides is 1. The highest BCUT2D eigenvalue weighted by molar-refractivity contribution is 5.91. The van der Waals surface area contributed by atoms with Crippen LogP contribution in [-0.2, 0) is 9.59 Å². The van der Waals surface area contributed by atoms with E-state index in [0.717, 1.165) is 6.08 Å². The summed E-state index contributed by atoms with van der Waals surface area (Å²) in [5.41, 5.74) is 4.60. The van der Waals surface area contributed by atoms with E-state index in [-0.39, 0.29) is 5.57 Å². The van der Waals surface area contributed by atoms with Crippen molar-refractivity contribution >= 4 is 11.8 Å². The Hall–Kier alpha value is -1.66. The van der Waals surface area contributed by atoms with Crippen molar-refractivity contribution in [1.29, 1.82) is 0 Å². The predicted molar refractivity (Wildman–Crippen MR) is 48.5 cm³/mol. The maximum atomic E-state index is 10.7. The molecule has 5 N–H and O–H groups in total. The van der Waals surface area contributed by atoms with Gasteiger partial charge in [-0.2, -0.15) is 0 Å². The third-order valence-electron chi connectivity index (χ3n) is 1.32. The smallest absolute Gasteiger partial charge is 0.250 e. The lowest BCUT2D eigenvalue weighted by Crippen LogP contribution is -2.48. The summed E-state index contributed by atoms with van der Waals surface area (Å²) >= 11 is 0. The quantitative estimate of drug-likeness (QED) is 0.315. The van der Waals surface area contributed by atoms with E-state index in [1.807, 2.05) is 0 Å². The van der Waals surface area contributed by atoms with E-state index in [9.17, 15) is 9.59 Å². The summed E-state index contributed by atoms with van der Waals surface area (Å²) in [5, 5.41) is 20.1. The van der Waals surface area contributed by atoms with Crippen molar-refractivity contribution in [2.24, 2.45) is 5.73 Å². The van der Waals surface area contributed by atoms with Gasteiger partial charge in [-0.05, 0) is 6.08 Å². The highest BCUT2D eigenvalue weighted by Crippen LogP contribution is 2.08. The molecule has 0 atom stereocenters. The largest absolute Gasteiger partial charge is 0.366 e. The molecule has 0 spiro atoms. The fraction of sp³-hybridized carbons (Fsp3) is 0.250. The van der Waals surface area contributed by atoms with Gasteiger partial charge in [-0.3, -0.25) is 9.59 Å². The second-order valence-electron chi connectivity index (χ2n) is 2.65. The molecule has 6 heteroatoms. The van der Waals surface area contributed by atoms with Crippen molar-refractivity contribution < 1.29 is 19.8 Å². The van der Waals surface area contributed by atoms with Crippen LogP contribution < -0.4 is 11.1 Å². The third-order valence-corrected chi connectivity index (χ3v) is 1.32. The van der Waals surface area contributed by atoms with Crippen molar-refractivity contribution in [3.05, 3.63) is 24.8 Å². The van der Waals surface area contributed by atoms with Crippen LogP contribution in [-0.4, -0.2) is 27.9 Å². The van der Waals surface area contributed by atoms with Crippen LogP contribution in [0, 0.1) is 0 Å². The van der Waals surface area contributed by atoms with Crippen LogP contribution in [0.4, 0.5) is 0 Å². The van der Waals surface area contributed by atoms with Gasteiger partial charge in [0.1, 0.15) is 0 Å². The zero-order valence-corrected chi connectivity index (χ0v) is 7.49. The molecule has 0 unspecified atom stereocenters. The van der Waals surface area contributed by atoms with Gasteiger partial charge in [0.2, 0.25) is 11.8 Å². The first-order chi connectivity index (χ1) is 6.28. The molecule has 0 saturated carbocycles. The minimum absolute atomic E-state index is 0.209. The van der Waals surface area contributed by atoms with Gasteiger partial charge in [0.05, 0.1) is 6.42 Å². The number of nitrogens with two attached hydrogens (primary N) is 1. The van der Waals surface area contributed by atoms with Crippen LogP contribution in [0.3, 0.4) is 0 Å². The van der Waals surface area contributed by atoms with E-state index < -0.39 is 24.1 Å². The highest BCUT2D eigenvalue weighted by atomic mass is 16.5. The second-order valence-corrected chi connectivity index (χ2v) is 2.65. The van der Waals surface area contributed by atoms with Crippen molar-refractivity contribution in [1.82, 2.24) is 5.32 Å². The van der Waals surface area contributed by atoms with Gasteiger partial charge in [0, 0.05) is 5.57 Å². The van der Waals surface area contributed by atoms with Crippen LogP contribution in [0.2, 0.25) is 0 Å². The van der Waals surface area contributed by atoms with Gasteiger partial charge < -0.3 is 21.3 Å². The van der Waals surface area contributed by atoms with Crippen molar-refractivity contribution in [2.75, 3.05) is 0 Å². The Morgan fingerprint density at radius 1 is 1.50 bits per heavy atom. The zero-order chi connectivity index (χ0) is 11.4. The summed E-state index contributed by atoms with van der Waals surface area (Å²) in [6, 6.07) is 0. The van der Waals surface area contributed by atoms with Crippen LogP contribution in [0.1, 0.15) is 6.42 Å². The average Bonchev–Trinajstić information content (AvgIpc) is 2.02. The molecule has 0 heterocycles. The molecule has 0 saturated heterocycles. The summed E-state index contributed by atoms with van der Waals surface area (Å²) in [6.07, 6.45) is 0.288. The van der Waals surface area contributed by atoms with E-state index in [1.165, 1.54) is 0 Å². The molecule has 6 nitrogen and oxygen atoms in total. The normalized spacial score (nSPS) is 10.4. The van der Waals surface area contributed by atoms with E-state index in [0.29, 0.717) is 0 Å². The highest BCUT2D eigenvalue weighted by Gasteiger charge is 2.26. The molecule has 0 radical (unpaired) electrons. The van der Waals surface area contributed by atoms with E-state index in [2.05, 4.69) is 13.2 Å². The number of carbonyl (C=O) groups excluding carboxylic acids is 2. The number of hydrogen-bond donors (Lipinski definition) is 4. The molecular weight excluding hydrogens is 188 g/mol. The molecule has 0 aliphatic rings. The molecule has 0 fully saturated rings. The molecule has 2 amide bonds. The first-order valence-corrected chi connectivity index (χ1v) is 3.65. The van der Waals surface area contributed by atoms with Crippen LogP contribution in [0.5, 0.6) is 0 Å². The molecule has 0 aromatic heterocycles. The lowest BCUT2D eigenvalue weighted by molar-refractivity contribution is -0.187. The Kier molecular flexibility index (Phi) is 4.00. The molecule has 78 valence electrons. The monoisotopic (exact) mass is 200 g/mol. The minimum atomic E-state index is -2.54. The van der Waals surface area contributed by atoms with Gasteiger partial charge in [0.15, 0.2) is 0 Å². The number of nitrogens with one attached hydrogen (secondary N) is 1. The standard InChI is InChI=1S/C8H12N2O4/c1-3-6(11)10-8(13,14)4-5(2)7(9)12/h3,13-14H,1-2,4H2,(H2,9,12)(H,10,11). The minimum Gasteiger partial charge on any atom is -0.366 e. The first kappa shape index (κ1) is 12.3. The molecule has 0 aliphatic heterocycles. The summed E-state index contributed by atoms with van der Waals surface area (Å²) in [7, 11) is 0. The number of hydrogen-bond acceptors (Lipinski definition) is 4. The third kappa shape index (κ3) is 4.39. The lowest BCUT2D eigenvalue weighted by Gasteiger charge is -2.22. The van der Waals surface area contributed by atoms with Gasteiger partial charge in [-0.25, -0.2) is 0 Å². The molecule has 0 aliphatic carbocycles. The molecule has 0 bridgehead atoms. The number of amides is 2. The predicted octanol–water partition coefficient (Wildman–Crippen LogP) is -1.64. The Balaban J connectivity index is 4.33. The Labute approximate surface area is 80.7 Å². The Bertz CT molecular complexity index is 283. The topological polar surface area (TPSA) is 113 Å². The van der Waals surface area contributed by atoms with E-state index >= 15 is 0 Å². The number of rotatable bonds is 5. The number of carbonyl (C=O) groups is 2. The van der Waals surface area contributed by atoms with Crippen molar-refractivity contribution in [2.45, 2.75) is 12.3 Å². The van der Waals surface area contributed by atoms with Crippen LogP contribution >= 0.6 is 0 Å². The fourth-order valence-electron chi connectivity index (χ4n) is 0.677. The van der Waals surface area contributed by atoms with Gasteiger partial charge >= 0.3 is 0 Å².